The van der Waals surface area contributed by atoms with Crippen LogP contribution in [-0.4, -0.2) is 53.8 Å². The molecule has 0 saturated carbocycles. The van der Waals surface area contributed by atoms with Crippen molar-refractivity contribution in [3.63, 3.8) is 0 Å². The van der Waals surface area contributed by atoms with E-state index in [1.807, 2.05) is 0 Å². The molecule has 0 bridgehead atoms. The van der Waals surface area contributed by atoms with E-state index in [-0.39, 0.29) is 25.8 Å². The van der Waals surface area contributed by atoms with E-state index < -0.39 is 23.8 Å². The van der Waals surface area contributed by atoms with E-state index in [1.165, 1.54) is 7.05 Å². The van der Waals surface area contributed by atoms with Gasteiger partial charge in [-0.25, -0.2) is 9.59 Å². The molecule has 21 heavy (non-hydrogen) atoms. The summed E-state index contributed by atoms with van der Waals surface area (Å²) in [5.74, 6) is -3.20. The van der Waals surface area contributed by atoms with Crippen LogP contribution in [0.15, 0.2) is 12.2 Å². The fourth-order valence-electron chi connectivity index (χ4n) is 1.08. The van der Waals surface area contributed by atoms with Crippen LogP contribution in [0.25, 0.3) is 0 Å². The van der Waals surface area contributed by atoms with E-state index in [1.54, 1.807) is 0 Å². The van der Waals surface area contributed by atoms with Crippen molar-refractivity contribution in [1.29, 1.82) is 0 Å². The van der Waals surface area contributed by atoms with Crippen molar-refractivity contribution in [2.24, 2.45) is 0 Å². The molecule has 0 atom stereocenters. The predicted molar refractivity (Wildman–Crippen MR) is 68.6 cm³/mol. The molecule has 0 aromatic rings. The van der Waals surface area contributed by atoms with Gasteiger partial charge in [-0.1, -0.05) is 0 Å². The van der Waals surface area contributed by atoms with E-state index in [9.17, 15) is 24.0 Å². The second-order valence-electron chi connectivity index (χ2n) is 3.77. The number of aldehydes is 1. The Morgan fingerprint density at radius 1 is 1.19 bits per heavy atom. The number of hydrogen-bond donors (Lipinski definition) is 2. The van der Waals surface area contributed by atoms with Crippen LogP contribution in [0.2, 0.25) is 0 Å². The molecule has 9 nitrogen and oxygen atoms in total. The SMILES string of the molecule is CN(OC(=O)CCNC(=O)/C=C\C(=O)O)C(=O)CCC=O. The van der Waals surface area contributed by atoms with E-state index >= 15 is 0 Å². The van der Waals surface area contributed by atoms with Crippen LogP contribution >= 0.6 is 0 Å². The van der Waals surface area contributed by atoms with Crippen molar-refractivity contribution >= 4 is 30.0 Å². The lowest BCUT2D eigenvalue weighted by Crippen LogP contribution is -2.31. The van der Waals surface area contributed by atoms with Crippen LogP contribution in [0.5, 0.6) is 0 Å². The molecule has 2 amide bonds. The first kappa shape index (κ1) is 18.3. The third kappa shape index (κ3) is 9.82. The molecule has 9 heteroatoms. The quantitative estimate of drug-likeness (QED) is 0.335. The molecule has 0 aromatic carbocycles. The summed E-state index contributed by atoms with van der Waals surface area (Å²) in [4.78, 5) is 58.6. The minimum absolute atomic E-state index is 0.0344. The summed E-state index contributed by atoms with van der Waals surface area (Å²) >= 11 is 0. The first-order valence-corrected chi connectivity index (χ1v) is 5.96. The lowest BCUT2D eigenvalue weighted by atomic mass is 10.3. The molecule has 0 radical (unpaired) electrons. The van der Waals surface area contributed by atoms with Crippen LogP contribution in [0.3, 0.4) is 0 Å². The number of carboxylic acid groups (broad SMARTS) is 1. The lowest BCUT2D eigenvalue weighted by Gasteiger charge is -2.15. The fraction of sp³-hybridized carbons (Fsp3) is 0.417. The van der Waals surface area contributed by atoms with Gasteiger partial charge in [0, 0.05) is 38.6 Å². The van der Waals surface area contributed by atoms with Crippen molar-refractivity contribution < 1.29 is 33.9 Å². The molecule has 0 aliphatic rings. The maximum Gasteiger partial charge on any atom is 0.334 e. The maximum atomic E-state index is 11.3. The van der Waals surface area contributed by atoms with Crippen LogP contribution in [0.4, 0.5) is 0 Å². The van der Waals surface area contributed by atoms with Crippen molar-refractivity contribution in [3.8, 4) is 0 Å². The third-order valence-electron chi connectivity index (χ3n) is 2.07. The molecule has 0 heterocycles. The molecule has 2 N–H and O–H groups in total. The number of hydrogen-bond acceptors (Lipinski definition) is 6. The van der Waals surface area contributed by atoms with Crippen LogP contribution < -0.4 is 5.32 Å². The van der Waals surface area contributed by atoms with E-state index in [2.05, 4.69) is 10.2 Å². The van der Waals surface area contributed by atoms with Crippen molar-refractivity contribution in [3.05, 3.63) is 12.2 Å². The minimum Gasteiger partial charge on any atom is -0.478 e. The highest BCUT2D eigenvalue weighted by atomic mass is 16.7. The minimum atomic E-state index is -1.26. The molecule has 0 spiro atoms. The third-order valence-corrected chi connectivity index (χ3v) is 2.07. The molecule has 0 rings (SSSR count). The molecule has 0 aliphatic heterocycles. The van der Waals surface area contributed by atoms with Crippen LogP contribution in [0.1, 0.15) is 19.3 Å². The number of nitrogens with zero attached hydrogens (tertiary/aromatic N) is 1. The number of carbonyl (C=O) groups excluding carboxylic acids is 4. The highest BCUT2D eigenvalue weighted by Crippen LogP contribution is 1.97. The highest BCUT2D eigenvalue weighted by molar-refractivity contribution is 5.94. The average Bonchev–Trinajstić information content (AvgIpc) is 2.42. The summed E-state index contributed by atoms with van der Waals surface area (Å²) < 4.78 is 0. The Kier molecular flexibility index (Phi) is 8.82. The van der Waals surface area contributed by atoms with Crippen LogP contribution in [0, 0.1) is 0 Å². The van der Waals surface area contributed by atoms with E-state index in [0.717, 1.165) is 11.1 Å². The first-order chi connectivity index (χ1) is 9.86. The van der Waals surface area contributed by atoms with Gasteiger partial charge in [-0.05, 0) is 0 Å². The molecule has 0 unspecified atom stereocenters. The van der Waals surface area contributed by atoms with Gasteiger partial charge >= 0.3 is 11.9 Å². The summed E-state index contributed by atoms with van der Waals surface area (Å²) in [7, 11) is 1.24. The van der Waals surface area contributed by atoms with E-state index in [0.29, 0.717) is 12.4 Å². The van der Waals surface area contributed by atoms with Gasteiger partial charge in [0.2, 0.25) is 5.91 Å². The Morgan fingerprint density at radius 2 is 1.86 bits per heavy atom. The number of carboxylic acids is 1. The summed E-state index contributed by atoms with van der Waals surface area (Å²) in [6.07, 6.45) is 1.82. The summed E-state index contributed by atoms with van der Waals surface area (Å²) in [5.41, 5.74) is 0. The average molecular weight is 300 g/mol. The van der Waals surface area contributed by atoms with Gasteiger partial charge in [0.25, 0.3) is 5.91 Å². The predicted octanol–water partition coefficient (Wildman–Crippen LogP) is -0.971. The smallest absolute Gasteiger partial charge is 0.334 e. The Bertz CT molecular complexity index is 445. The zero-order valence-electron chi connectivity index (χ0n) is 11.4. The Balaban J connectivity index is 3.94. The van der Waals surface area contributed by atoms with E-state index in [4.69, 9.17) is 5.11 Å². The number of rotatable bonds is 8. The molecular formula is C12H16N2O7. The number of hydroxylamine groups is 2. The standard InChI is InChI=1S/C12H16N2O7/c1-14(10(17)3-2-8-15)21-12(20)6-7-13-9(16)4-5-11(18)19/h4-5,8H,2-3,6-7H2,1H3,(H,13,16)(H,18,19)/b5-4-. The second kappa shape index (κ2) is 10.1. The molecule has 0 fully saturated rings. The van der Waals surface area contributed by atoms with Crippen molar-refractivity contribution in [2.75, 3.05) is 13.6 Å². The Labute approximate surface area is 120 Å². The second-order valence-corrected chi connectivity index (χ2v) is 3.77. The summed E-state index contributed by atoms with van der Waals surface area (Å²) in [6, 6.07) is 0. The number of carbonyl (C=O) groups is 5. The van der Waals surface area contributed by atoms with Gasteiger partial charge in [-0.2, -0.15) is 5.06 Å². The summed E-state index contributed by atoms with van der Waals surface area (Å²) in [6.45, 7) is -0.0714. The maximum absolute atomic E-state index is 11.3. The fourth-order valence-corrected chi connectivity index (χ4v) is 1.08. The molecular weight excluding hydrogens is 284 g/mol. The topological polar surface area (TPSA) is 130 Å². The van der Waals surface area contributed by atoms with Crippen molar-refractivity contribution in [1.82, 2.24) is 10.4 Å². The Morgan fingerprint density at radius 3 is 2.43 bits per heavy atom. The van der Waals surface area contributed by atoms with Gasteiger partial charge in [0.1, 0.15) is 6.29 Å². The van der Waals surface area contributed by atoms with Gasteiger partial charge in [-0.15, -0.1) is 0 Å². The van der Waals surface area contributed by atoms with Gasteiger partial charge in [-0.3, -0.25) is 9.59 Å². The zero-order chi connectivity index (χ0) is 16.3. The lowest BCUT2D eigenvalue weighted by molar-refractivity contribution is -0.192. The number of aliphatic carboxylic acids is 1. The normalized spacial score (nSPS) is 9.95. The van der Waals surface area contributed by atoms with Crippen molar-refractivity contribution in [2.45, 2.75) is 19.3 Å². The molecule has 116 valence electrons. The number of nitrogens with one attached hydrogen (secondary N) is 1. The monoisotopic (exact) mass is 300 g/mol. The van der Waals surface area contributed by atoms with Gasteiger partial charge < -0.3 is 20.1 Å². The van der Waals surface area contributed by atoms with Crippen LogP contribution in [-0.2, 0) is 28.8 Å². The number of amides is 2. The first-order valence-electron chi connectivity index (χ1n) is 5.96. The van der Waals surface area contributed by atoms with Gasteiger partial charge in [0.05, 0.1) is 6.42 Å². The largest absolute Gasteiger partial charge is 0.478 e. The molecule has 0 saturated heterocycles. The molecule has 0 aromatic heterocycles. The highest BCUT2D eigenvalue weighted by Gasteiger charge is 2.13. The molecule has 0 aliphatic carbocycles. The summed E-state index contributed by atoms with van der Waals surface area (Å²) in [5, 5.41) is 11.3. The van der Waals surface area contributed by atoms with Gasteiger partial charge in [0.15, 0.2) is 0 Å². The Hall–Kier alpha value is -2.71. The zero-order valence-corrected chi connectivity index (χ0v) is 11.4.